The van der Waals surface area contributed by atoms with Crippen molar-refractivity contribution in [3.05, 3.63) is 51.0 Å². The van der Waals surface area contributed by atoms with Gasteiger partial charge >= 0.3 is 11.9 Å². The van der Waals surface area contributed by atoms with Crippen LogP contribution >= 0.6 is 15.9 Å². The molecule has 2 aromatic carbocycles. The SMILES string of the molecule is CCCCC(=O)Oc1c(O)c(O)c(C(=O)CCCC)c(C(=O)OCc2ccccc2Br)c1C(=O)CCCC. The highest BCUT2D eigenvalue weighted by molar-refractivity contribution is 9.10. The molecule has 8 nitrogen and oxygen atoms in total. The molecule has 0 aliphatic carbocycles. The predicted octanol–water partition coefficient (Wildman–Crippen LogP) is 7.06. The van der Waals surface area contributed by atoms with Crippen molar-refractivity contribution >= 4 is 39.4 Å². The van der Waals surface area contributed by atoms with Gasteiger partial charge in [-0.15, -0.1) is 0 Å². The number of carbonyl (C=O) groups is 4. The summed E-state index contributed by atoms with van der Waals surface area (Å²) in [5, 5.41) is 21.7. The zero-order chi connectivity index (χ0) is 28.2. The van der Waals surface area contributed by atoms with Crippen LogP contribution < -0.4 is 4.74 Å². The molecule has 0 saturated heterocycles. The summed E-state index contributed by atoms with van der Waals surface area (Å²) in [6.07, 6.45) is 3.36. The number of rotatable bonds is 15. The molecule has 0 atom stereocenters. The van der Waals surface area contributed by atoms with E-state index in [9.17, 15) is 29.4 Å². The highest BCUT2D eigenvalue weighted by Crippen LogP contribution is 2.46. The van der Waals surface area contributed by atoms with Gasteiger partial charge in [0.05, 0.1) is 16.7 Å². The first kappa shape index (κ1) is 31.0. The Morgan fingerprint density at radius 3 is 1.89 bits per heavy atom. The highest BCUT2D eigenvalue weighted by Gasteiger charge is 2.36. The van der Waals surface area contributed by atoms with E-state index in [0.717, 1.165) is 0 Å². The molecule has 0 aliphatic heterocycles. The summed E-state index contributed by atoms with van der Waals surface area (Å²) in [5.41, 5.74) is -0.822. The molecule has 0 radical (unpaired) electrons. The smallest absolute Gasteiger partial charge is 0.340 e. The van der Waals surface area contributed by atoms with Crippen molar-refractivity contribution < 1.29 is 38.9 Å². The second-order valence-electron chi connectivity index (χ2n) is 8.95. The fraction of sp³-hybridized carbons (Fsp3) is 0.448. The van der Waals surface area contributed by atoms with Crippen molar-refractivity contribution in [3.63, 3.8) is 0 Å². The van der Waals surface area contributed by atoms with Crippen LogP contribution in [-0.4, -0.2) is 33.7 Å². The van der Waals surface area contributed by atoms with Gasteiger partial charge in [-0.3, -0.25) is 14.4 Å². The topological polar surface area (TPSA) is 127 Å². The first-order chi connectivity index (χ1) is 18.2. The number of ether oxygens (including phenoxy) is 2. The molecular weight excluding hydrogens is 556 g/mol. The summed E-state index contributed by atoms with van der Waals surface area (Å²) < 4.78 is 11.5. The van der Waals surface area contributed by atoms with Crippen LogP contribution in [0.4, 0.5) is 0 Å². The van der Waals surface area contributed by atoms with Crippen molar-refractivity contribution in [2.24, 2.45) is 0 Å². The molecule has 206 valence electrons. The maximum Gasteiger partial charge on any atom is 0.340 e. The minimum atomic E-state index is -1.05. The van der Waals surface area contributed by atoms with Gasteiger partial charge in [0, 0.05) is 29.3 Å². The van der Waals surface area contributed by atoms with E-state index in [0.29, 0.717) is 48.6 Å². The molecule has 38 heavy (non-hydrogen) atoms. The Bertz CT molecular complexity index is 1170. The monoisotopic (exact) mass is 590 g/mol. The van der Waals surface area contributed by atoms with Gasteiger partial charge in [-0.25, -0.2) is 4.79 Å². The number of phenolic OH excluding ortho intramolecular Hbond substituents is 2. The number of unbranched alkanes of at least 4 members (excludes halogenated alkanes) is 3. The summed E-state index contributed by atoms with van der Waals surface area (Å²) >= 11 is 3.39. The Kier molecular flexibility index (Phi) is 12.5. The minimum absolute atomic E-state index is 0.00170. The van der Waals surface area contributed by atoms with E-state index in [1.54, 1.807) is 24.3 Å². The molecule has 0 aromatic heterocycles. The Morgan fingerprint density at radius 1 is 0.763 bits per heavy atom. The van der Waals surface area contributed by atoms with Gasteiger partial charge < -0.3 is 19.7 Å². The first-order valence-corrected chi connectivity index (χ1v) is 13.8. The van der Waals surface area contributed by atoms with Crippen LogP contribution in [0.2, 0.25) is 0 Å². The van der Waals surface area contributed by atoms with E-state index in [2.05, 4.69) is 15.9 Å². The molecular formula is C29H35BrO8. The largest absolute Gasteiger partial charge is 0.504 e. The molecule has 0 bridgehead atoms. The van der Waals surface area contributed by atoms with Crippen molar-refractivity contribution in [1.82, 2.24) is 0 Å². The van der Waals surface area contributed by atoms with E-state index in [1.165, 1.54) is 0 Å². The van der Waals surface area contributed by atoms with Crippen molar-refractivity contribution in [1.29, 1.82) is 0 Å². The number of ketones is 2. The molecule has 9 heteroatoms. The molecule has 0 fully saturated rings. The molecule has 2 rings (SSSR count). The third-order valence-electron chi connectivity index (χ3n) is 5.95. The Hall–Kier alpha value is -3.20. The van der Waals surface area contributed by atoms with Crippen LogP contribution in [-0.2, 0) is 16.1 Å². The average molecular weight is 591 g/mol. The average Bonchev–Trinajstić information content (AvgIpc) is 2.90. The molecule has 0 spiro atoms. The maximum absolute atomic E-state index is 13.5. The lowest BCUT2D eigenvalue weighted by atomic mass is 9.90. The Labute approximate surface area is 231 Å². The number of benzene rings is 2. The number of hydrogen-bond acceptors (Lipinski definition) is 8. The van der Waals surface area contributed by atoms with Gasteiger partial charge in [-0.05, 0) is 25.3 Å². The fourth-order valence-electron chi connectivity index (χ4n) is 3.78. The number of Topliss-reactive ketones (excluding diaryl/α,β-unsaturated/α-hetero) is 2. The fourth-order valence-corrected chi connectivity index (χ4v) is 4.18. The minimum Gasteiger partial charge on any atom is -0.504 e. The van der Waals surface area contributed by atoms with Crippen LogP contribution in [0.15, 0.2) is 28.7 Å². The van der Waals surface area contributed by atoms with Crippen LogP contribution in [0.1, 0.15) is 115 Å². The number of aromatic hydroxyl groups is 2. The lowest BCUT2D eigenvalue weighted by Crippen LogP contribution is -2.21. The van der Waals surface area contributed by atoms with Gasteiger partial charge in [-0.1, -0.05) is 74.2 Å². The Morgan fingerprint density at radius 2 is 1.32 bits per heavy atom. The van der Waals surface area contributed by atoms with Crippen LogP contribution in [0, 0.1) is 0 Å². The van der Waals surface area contributed by atoms with Gasteiger partial charge in [0.1, 0.15) is 6.61 Å². The normalized spacial score (nSPS) is 10.7. The van der Waals surface area contributed by atoms with E-state index < -0.39 is 57.4 Å². The standard InChI is InChI=1S/C29H35BrO8/c1-4-7-14-20(31)23-25(29(36)37-17-18-12-10-11-13-19(18)30)24(21(32)15-8-5-2)28(27(35)26(23)34)38-22(33)16-9-6-3/h10-13,34-35H,4-9,14-17H2,1-3H3. The molecule has 0 unspecified atom stereocenters. The van der Waals surface area contributed by atoms with Crippen LogP contribution in [0.3, 0.4) is 0 Å². The molecule has 0 aliphatic rings. The predicted molar refractivity (Wildman–Crippen MR) is 146 cm³/mol. The summed E-state index contributed by atoms with van der Waals surface area (Å²) in [7, 11) is 0. The van der Waals surface area contributed by atoms with Gasteiger partial charge in [0.25, 0.3) is 0 Å². The third kappa shape index (κ3) is 7.90. The zero-order valence-electron chi connectivity index (χ0n) is 22.1. The zero-order valence-corrected chi connectivity index (χ0v) is 23.7. The summed E-state index contributed by atoms with van der Waals surface area (Å²) in [5.74, 6) is -5.55. The lowest BCUT2D eigenvalue weighted by molar-refractivity contribution is -0.134. The highest BCUT2D eigenvalue weighted by atomic mass is 79.9. The number of carbonyl (C=O) groups excluding carboxylic acids is 4. The maximum atomic E-state index is 13.5. The summed E-state index contributed by atoms with van der Waals surface area (Å²) in [6.45, 7) is 5.43. The van der Waals surface area contributed by atoms with Crippen molar-refractivity contribution in [2.45, 2.75) is 85.2 Å². The van der Waals surface area contributed by atoms with Crippen molar-refractivity contribution in [2.75, 3.05) is 0 Å². The van der Waals surface area contributed by atoms with Gasteiger partial charge in [0.2, 0.25) is 5.75 Å². The molecule has 0 saturated carbocycles. The third-order valence-corrected chi connectivity index (χ3v) is 6.72. The van der Waals surface area contributed by atoms with E-state index in [-0.39, 0.29) is 25.9 Å². The second kappa shape index (κ2) is 15.3. The summed E-state index contributed by atoms with van der Waals surface area (Å²) in [6, 6.07) is 7.05. The lowest BCUT2D eigenvalue weighted by Gasteiger charge is -2.20. The first-order valence-electron chi connectivity index (χ1n) is 13.0. The van der Waals surface area contributed by atoms with Crippen molar-refractivity contribution in [3.8, 4) is 17.2 Å². The molecule has 2 N–H and O–H groups in total. The Balaban J connectivity index is 2.74. The number of hydrogen-bond donors (Lipinski definition) is 2. The van der Waals surface area contributed by atoms with Crippen LogP contribution in [0.25, 0.3) is 0 Å². The number of phenols is 2. The van der Waals surface area contributed by atoms with Gasteiger partial charge in [0.15, 0.2) is 23.1 Å². The number of halogens is 1. The van der Waals surface area contributed by atoms with E-state index >= 15 is 0 Å². The number of esters is 2. The van der Waals surface area contributed by atoms with E-state index in [4.69, 9.17) is 9.47 Å². The molecule has 2 aromatic rings. The van der Waals surface area contributed by atoms with Crippen LogP contribution in [0.5, 0.6) is 17.2 Å². The van der Waals surface area contributed by atoms with Gasteiger partial charge in [-0.2, -0.15) is 0 Å². The quantitative estimate of drug-likeness (QED) is 0.0976. The molecule has 0 amide bonds. The molecule has 0 heterocycles. The van der Waals surface area contributed by atoms with E-state index in [1.807, 2.05) is 20.8 Å². The second-order valence-corrected chi connectivity index (χ2v) is 9.80. The summed E-state index contributed by atoms with van der Waals surface area (Å²) in [4.78, 5) is 52.6.